The van der Waals surface area contributed by atoms with Crippen molar-refractivity contribution in [2.24, 2.45) is 0 Å². The zero-order chi connectivity index (χ0) is 20.2. The fraction of sp³-hybridized carbons (Fsp3) is 0.409. The fourth-order valence-corrected chi connectivity index (χ4v) is 3.79. The van der Waals surface area contributed by atoms with Gasteiger partial charge in [-0.3, -0.25) is 4.90 Å². The molecule has 7 heteroatoms. The highest BCUT2D eigenvalue weighted by Crippen LogP contribution is 2.31. The van der Waals surface area contributed by atoms with E-state index < -0.39 is 5.97 Å². The first kappa shape index (κ1) is 19.4. The van der Waals surface area contributed by atoms with Crippen LogP contribution in [0.5, 0.6) is 0 Å². The molecule has 29 heavy (non-hydrogen) atoms. The van der Waals surface area contributed by atoms with E-state index in [1.165, 1.54) is 44.2 Å². The van der Waals surface area contributed by atoms with E-state index in [0.717, 1.165) is 12.2 Å². The predicted molar refractivity (Wildman–Crippen MR) is 111 cm³/mol. The molecule has 7 nitrogen and oxygen atoms in total. The smallest absolute Gasteiger partial charge is 0.342 e. The third-order valence-electron chi connectivity index (χ3n) is 5.22. The lowest BCUT2D eigenvalue weighted by atomic mass is 10.1. The lowest BCUT2D eigenvalue weighted by Gasteiger charge is -2.26. The summed E-state index contributed by atoms with van der Waals surface area (Å²) in [6.07, 6.45) is 5.34. The maximum atomic E-state index is 12.4. The van der Waals surface area contributed by atoms with Gasteiger partial charge in [0.15, 0.2) is 0 Å². The first-order chi connectivity index (χ1) is 14.2. The summed E-state index contributed by atoms with van der Waals surface area (Å²) in [5.74, 6) is 0.566. The van der Waals surface area contributed by atoms with Crippen LogP contribution in [-0.2, 0) is 11.3 Å². The number of furan rings is 1. The minimum Gasteiger partial charge on any atom is -0.462 e. The summed E-state index contributed by atoms with van der Waals surface area (Å²) in [4.78, 5) is 23.4. The van der Waals surface area contributed by atoms with E-state index in [1.807, 2.05) is 12.1 Å². The quantitative estimate of drug-likeness (QED) is 0.619. The second-order valence-corrected chi connectivity index (χ2v) is 7.31. The Morgan fingerprint density at radius 1 is 1.17 bits per heavy atom. The number of nitrogens with zero attached hydrogens (tertiary/aromatic N) is 3. The maximum absolute atomic E-state index is 12.4. The zero-order valence-corrected chi connectivity index (χ0v) is 16.9. The molecule has 4 rings (SSSR count). The Balaban J connectivity index is 1.56. The van der Waals surface area contributed by atoms with Crippen molar-refractivity contribution in [2.75, 3.05) is 25.0 Å². The van der Waals surface area contributed by atoms with Gasteiger partial charge in [-0.05, 0) is 57.5 Å². The number of fused-ring (bicyclic) bond motifs is 1. The van der Waals surface area contributed by atoms with Gasteiger partial charge < -0.3 is 14.5 Å². The first-order valence-electron chi connectivity index (χ1n) is 10.1. The van der Waals surface area contributed by atoms with Gasteiger partial charge in [-0.15, -0.1) is 0 Å². The molecule has 1 fully saturated rings. The Morgan fingerprint density at radius 3 is 2.66 bits per heavy atom. The number of aromatic nitrogens is 2. The number of hydrogen-bond donors (Lipinski definition) is 1. The second-order valence-electron chi connectivity index (χ2n) is 7.31. The summed E-state index contributed by atoms with van der Waals surface area (Å²) < 4.78 is 10.8. The van der Waals surface area contributed by atoms with Crippen molar-refractivity contribution in [3.05, 3.63) is 47.5 Å². The van der Waals surface area contributed by atoms with Gasteiger partial charge in [0.2, 0.25) is 5.71 Å². The van der Waals surface area contributed by atoms with Crippen LogP contribution in [0, 0.1) is 6.92 Å². The van der Waals surface area contributed by atoms with Gasteiger partial charge >= 0.3 is 5.97 Å². The molecule has 0 aliphatic carbocycles. The summed E-state index contributed by atoms with van der Waals surface area (Å²) >= 11 is 0. The van der Waals surface area contributed by atoms with Gasteiger partial charge in [0.05, 0.1) is 12.0 Å². The minimum atomic E-state index is -0.432. The van der Waals surface area contributed by atoms with Crippen LogP contribution in [0.3, 0.4) is 0 Å². The molecule has 0 spiro atoms. The molecule has 0 saturated carbocycles. The van der Waals surface area contributed by atoms with Crippen LogP contribution in [0.25, 0.3) is 11.1 Å². The Kier molecular flexibility index (Phi) is 5.76. The van der Waals surface area contributed by atoms with Crippen molar-refractivity contribution in [1.29, 1.82) is 0 Å². The number of piperidine rings is 1. The summed E-state index contributed by atoms with van der Waals surface area (Å²) in [6.45, 7) is 7.13. The number of likely N-dealkylation sites (tertiary alicyclic amines) is 1. The predicted octanol–water partition coefficient (Wildman–Crippen LogP) is 4.44. The molecule has 1 aromatic carbocycles. The molecule has 0 atom stereocenters. The van der Waals surface area contributed by atoms with Gasteiger partial charge in [0.1, 0.15) is 23.5 Å². The van der Waals surface area contributed by atoms with Crippen molar-refractivity contribution >= 4 is 28.6 Å². The standard InChI is InChI=1S/C22H26N4O3/c1-3-28-22(27)18-15(2)29-21-19(18)20(23-14-24-21)25-17-9-7-16(8-10-17)13-26-11-5-4-6-12-26/h7-10,14H,3-6,11-13H2,1-2H3,(H,23,24,25). The van der Waals surface area contributed by atoms with Crippen molar-refractivity contribution in [3.8, 4) is 0 Å². The third-order valence-corrected chi connectivity index (χ3v) is 5.22. The van der Waals surface area contributed by atoms with Crippen LogP contribution >= 0.6 is 0 Å². The van der Waals surface area contributed by atoms with Crippen LogP contribution in [0.4, 0.5) is 11.5 Å². The van der Waals surface area contributed by atoms with Crippen molar-refractivity contribution in [2.45, 2.75) is 39.7 Å². The molecule has 3 heterocycles. The topological polar surface area (TPSA) is 80.5 Å². The van der Waals surface area contributed by atoms with Crippen LogP contribution in [0.1, 0.15) is 47.9 Å². The molecule has 2 aromatic heterocycles. The fourth-order valence-electron chi connectivity index (χ4n) is 3.79. The second kappa shape index (κ2) is 8.61. The molecule has 1 aliphatic rings. The highest BCUT2D eigenvalue weighted by Gasteiger charge is 2.23. The molecule has 0 bridgehead atoms. The molecule has 3 aromatic rings. The van der Waals surface area contributed by atoms with Crippen molar-refractivity contribution < 1.29 is 13.9 Å². The number of carbonyl (C=O) groups excluding carboxylic acids is 1. The first-order valence-corrected chi connectivity index (χ1v) is 10.1. The Bertz CT molecular complexity index is 991. The molecule has 1 saturated heterocycles. The van der Waals surface area contributed by atoms with Crippen LogP contribution in [0.2, 0.25) is 0 Å². The molecular formula is C22H26N4O3. The average Bonchev–Trinajstić information content (AvgIpc) is 3.07. The highest BCUT2D eigenvalue weighted by molar-refractivity contribution is 6.08. The van der Waals surface area contributed by atoms with Gasteiger partial charge in [0, 0.05) is 12.2 Å². The Morgan fingerprint density at radius 2 is 1.93 bits per heavy atom. The van der Waals surface area contributed by atoms with E-state index in [2.05, 4.69) is 32.3 Å². The number of nitrogens with one attached hydrogen (secondary N) is 1. The number of benzene rings is 1. The average molecular weight is 394 g/mol. The minimum absolute atomic E-state index is 0.292. The van der Waals surface area contributed by atoms with E-state index in [-0.39, 0.29) is 0 Å². The summed E-state index contributed by atoms with van der Waals surface area (Å²) in [5.41, 5.74) is 2.91. The van der Waals surface area contributed by atoms with Gasteiger partial charge in [-0.25, -0.2) is 14.8 Å². The summed E-state index contributed by atoms with van der Waals surface area (Å²) in [7, 11) is 0. The molecule has 0 amide bonds. The number of esters is 1. The van der Waals surface area contributed by atoms with Crippen molar-refractivity contribution in [1.82, 2.24) is 14.9 Å². The van der Waals surface area contributed by atoms with Gasteiger partial charge in [-0.1, -0.05) is 18.6 Å². The lowest BCUT2D eigenvalue weighted by Crippen LogP contribution is -2.29. The molecule has 1 aliphatic heterocycles. The van der Waals surface area contributed by atoms with Crippen LogP contribution in [-0.4, -0.2) is 40.5 Å². The van der Waals surface area contributed by atoms with Gasteiger partial charge in [-0.2, -0.15) is 0 Å². The normalized spacial score (nSPS) is 14.8. The largest absolute Gasteiger partial charge is 0.462 e. The van der Waals surface area contributed by atoms with E-state index in [4.69, 9.17) is 9.15 Å². The number of aryl methyl sites for hydroxylation is 1. The zero-order valence-electron chi connectivity index (χ0n) is 16.9. The summed E-state index contributed by atoms with van der Waals surface area (Å²) in [5, 5.41) is 3.84. The SMILES string of the molecule is CCOC(=O)c1c(C)oc2ncnc(Nc3ccc(CN4CCCCC4)cc3)c12. The Labute approximate surface area is 170 Å². The highest BCUT2D eigenvalue weighted by atomic mass is 16.5. The number of ether oxygens (including phenoxy) is 1. The number of anilines is 2. The number of carbonyl (C=O) groups is 1. The Hall–Kier alpha value is -2.93. The van der Waals surface area contributed by atoms with E-state index in [1.54, 1.807) is 13.8 Å². The lowest BCUT2D eigenvalue weighted by molar-refractivity contribution is 0.0526. The van der Waals surface area contributed by atoms with Crippen LogP contribution < -0.4 is 5.32 Å². The molecule has 1 N–H and O–H groups in total. The third kappa shape index (κ3) is 4.24. The van der Waals surface area contributed by atoms with Crippen molar-refractivity contribution in [3.63, 3.8) is 0 Å². The molecule has 152 valence electrons. The van der Waals surface area contributed by atoms with Crippen LogP contribution in [0.15, 0.2) is 35.0 Å². The monoisotopic (exact) mass is 394 g/mol. The number of rotatable bonds is 6. The molecule has 0 radical (unpaired) electrons. The van der Waals surface area contributed by atoms with E-state index >= 15 is 0 Å². The van der Waals surface area contributed by atoms with E-state index in [0.29, 0.717) is 34.8 Å². The van der Waals surface area contributed by atoms with Gasteiger partial charge in [0.25, 0.3) is 0 Å². The number of hydrogen-bond acceptors (Lipinski definition) is 7. The van der Waals surface area contributed by atoms with E-state index in [9.17, 15) is 4.79 Å². The molecule has 0 unspecified atom stereocenters. The summed E-state index contributed by atoms with van der Waals surface area (Å²) in [6, 6.07) is 8.32. The maximum Gasteiger partial charge on any atom is 0.342 e. The molecular weight excluding hydrogens is 368 g/mol.